The molecule has 170 valence electrons. The first-order valence-corrected chi connectivity index (χ1v) is 11.4. The Morgan fingerprint density at radius 2 is 1.47 bits per heavy atom. The van der Waals surface area contributed by atoms with Crippen LogP contribution >= 0.6 is 11.6 Å². The van der Waals surface area contributed by atoms with Gasteiger partial charge in [0, 0.05) is 24.7 Å². The number of β-amino-alcohol motifs (C(OH)–C–C–N with tert-alkyl or cyclic N) is 1. The van der Waals surface area contributed by atoms with E-state index in [1.807, 2.05) is 48.5 Å². The van der Waals surface area contributed by atoms with Gasteiger partial charge in [-0.3, -0.25) is 4.90 Å². The molecule has 3 N–H and O–H groups in total. The molecule has 0 amide bonds. The van der Waals surface area contributed by atoms with Crippen molar-refractivity contribution in [1.82, 2.24) is 4.90 Å². The molecule has 0 radical (unpaired) electrons. The first-order chi connectivity index (χ1) is 15.4. The summed E-state index contributed by atoms with van der Waals surface area (Å²) >= 11 is 6.18. The fourth-order valence-corrected chi connectivity index (χ4v) is 3.90. The zero-order valence-electron chi connectivity index (χ0n) is 18.8. The Morgan fingerprint density at radius 1 is 0.906 bits per heavy atom. The third kappa shape index (κ3) is 6.81. The van der Waals surface area contributed by atoms with Crippen molar-refractivity contribution < 1.29 is 9.84 Å². The number of nitrogens with two attached hydrogens (primary N) is 1. The second-order valence-corrected chi connectivity index (χ2v) is 9.12. The maximum absolute atomic E-state index is 10.8. The van der Waals surface area contributed by atoms with Gasteiger partial charge in [0.2, 0.25) is 0 Å². The second-order valence-electron chi connectivity index (χ2n) is 8.71. The Labute approximate surface area is 196 Å². The van der Waals surface area contributed by atoms with Gasteiger partial charge in [0.25, 0.3) is 0 Å². The van der Waals surface area contributed by atoms with E-state index in [1.165, 1.54) is 11.1 Å². The first-order valence-electron chi connectivity index (χ1n) is 11.0. The van der Waals surface area contributed by atoms with E-state index < -0.39 is 6.10 Å². The number of hydrogen-bond donors (Lipinski definition) is 2. The van der Waals surface area contributed by atoms with Crippen LogP contribution in [0.4, 0.5) is 0 Å². The lowest BCUT2D eigenvalue weighted by atomic mass is 9.87. The van der Waals surface area contributed by atoms with Gasteiger partial charge in [-0.05, 0) is 43.5 Å². The van der Waals surface area contributed by atoms with E-state index in [9.17, 15) is 5.11 Å². The van der Waals surface area contributed by atoms with E-state index >= 15 is 0 Å². The van der Waals surface area contributed by atoms with E-state index in [4.69, 9.17) is 22.1 Å². The van der Waals surface area contributed by atoms with Gasteiger partial charge in [0.15, 0.2) is 0 Å². The minimum Gasteiger partial charge on any atom is -0.489 e. The third-order valence-corrected chi connectivity index (χ3v) is 6.25. The van der Waals surface area contributed by atoms with Crippen LogP contribution in [-0.4, -0.2) is 40.8 Å². The van der Waals surface area contributed by atoms with Crippen LogP contribution in [0, 0.1) is 0 Å². The number of aliphatic hydroxyl groups excluding tert-OH is 1. The molecule has 3 aromatic rings. The summed E-state index contributed by atoms with van der Waals surface area (Å²) < 4.78 is 5.78. The Hall–Kier alpha value is -2.37. The first kappa shape index (κ1) is 24.3. The summed E-state index contributed by atoms with van der Waals surface area (Å²) in [6, 6.07) is 27.7. The molecule has 2 unspecified atom stereocenters. The summed E-state index contributed by atoms with van der Waals surface area (Å²) in [5, 5.41) is 11.4. The highest BCUT2D eigenvalue weighted by Crippen LogP contribution is 2.25. The molecule has 0 aliphatic carbocycles. The van der Waals surface area contributed by atoms with Crippen LogP contribution in [0.5, 0.6) is 5.75 Å². The lowest BCUT2D eigenvalue weighted by Gasteiger charge is -2.44. The average Bonchev–Trinajstić information content (AvgIpc) is 2.79. The van der Waals surface area contributed by atoms with Gasteiger partial charge in [0.1, 0.15) is 18.5 Å². The van der Waals surface area contributed by atoms with Crippen molar-refractivity contribution in [1.29, 1.82) is 0 Å². The molecular weight excluding hydrogens is 420 g/mol. The molecule has 0 saturated heterocycles. The fraction of sp³-hybridized carbons (Fsp3) is 0.333. The molecule has 0 heterocycles. The fourth-order valence-electron chi connectivity index (χ4n) is 3.71. The molecule has 4 nitrogen and oxygen atoms in total. The molecule has 0 aromatic heterocycles. The van der Waals surface area contributed by atoms with E-state index in [0.29, 0.717) is 23.9 Å². The normalized spacial score (nSPS) is 13.7. The van der Waals surface area contributed by atoms with Crippen molar-refractivity contribution in [2.24, 2.45) is 5.73 Å². The number of aliphatic hydroxyl groups is 1. The smallest absolute Gasteiger partial charge is 0.138 e. The predicted molar refractivity (Wildman–Crippen MR) is 132 cm³/mol. The highest BCUT2D eigenvalue weighted by atomic mass is 35.5. The maximum Gasteiger partial charge on any atom is 0.138 e. The van der Waals surface area contributed by atoms with Crippen LogP contribution in [0.15, 0.2) is 84.9 Å². The van der Waals surface area contributed by atoms with Gasteiger partial charge in [0.05, 0.1) is 5.02 Å². The quantitative estimate of drug-likeness (QED) is 0.433. The molecule has 0 bridgehead atoms. The molecule has 0 saturated carbocycles. The maximum atomic E-state index is 10.8. The largest absolute Gasteiger partial charge is 0.489 e. The summed E-state index contributed by atoms with van der Waals surface area (Å²) in [7, 11) is 0. The van der Waals surface area contributed by atoms with Crippen LogP contribution in [0.2, 0.25) is 5.02 Å². The van der Waals surface area contributed by atoms with Gasteiger partial charge >= 0.3 is 0 Å². The standard InChI is InChI=1S/C27H33ClN2O2/c1-27(2,26(29)17-21-11-5-3-6-12-21)30(18-22-13-7-4-8-14-22)19-23(31)20-32-25-16-10-9-15-24(25)28/h3-16,23,26,31H,17-20,29H2,1-2H3. The molecule has 3 aromatic carbocycles. The van der Waals surface area contributed by atoms with Crippen LogP contribution < -0.4 is 10.5 Å². The van der Waals surface area contributed by atoms with Crippen molar-refractivity contribution in [3.05, 3.63) is 101 Å². The van der Waals surface area contributed by atoms with Crippen molar-refractivity contribution in [3.8, 4) is 5.75 Å². The van der Waals surface area contributed by atoms with Crippen LogP contribution in [0.1, 0.15) is 25.0 Å². The van der Waals surface area contributed by atoms with Crippen molar-refractivity contribution in [2.45, 2.75) is 44.5 Å². The average molecular weight is 453 g/mol. The minimum atomic E-state index is -0.696. The Morgan fingerprint density at radius 3 is 2.09 bits per heavy atom. The highest BCUT2D eigenvalue weighted by Gasteiger charge is 2.34. The van der Waals surface area contributed by atoms with Crippen LogP contribution in [0.3, 0.4) is 0 Å². The Bertz CT molecular complexity index is 950. The predicted octanol–water partition coefficient (Wildman–Crippen LogP) is 4.93. The van der Waals surface area contributed by atoms with Gasteiger partial charge < -0.3 is 15.6 Å². The lowest BCUT2D eigenvalue weighted by Crippen LogP contribution is -2.58. The van der Waals surface area contributed by atoms with Crippen molar-refractivity contribution in [2.75, 3.05) is 13.2 Å². The van der Waals surface area contributed by atoms with Crippen LogP contribution in [0.25, 0.3) is 0 Å². The van der Waals surface area contributed by atoms with E-state index in [0.717, 1.165) is 6.42 Å². The second kappa shape index (κ2) is 11.5. The zero-order valence-corrected chi connectivity index (χ0v) is 19.6. The molecule has 5 heteroatoms. The number of ether oxygens (including phenoxy) is 1. The van der Waals surface area contributed by atoms with Gasteiger partial charge in [-0.25, -0.2) is 0 Å². The molecular formula is C27H33ClN2O2. The molecule has 0 spiro atoms. The summed E-state index contributed by atoms with van der Waals surface area (Å²) in [6.07, 6.45) is 0.0592. The monoisotopic (exact) mass is 452 g/mol. The summed E-state index contributed by atoms with van der Waals surface area (Å²) in [5.74, 6) is 0.572. The van der Waals surface area contributed by atoms with E-state index in [-0.39, 0.29) is 18.2 Å². The molecule has 0 fully saturated rings. The molecule has 0 aliphatic heterocycles. The summed E-state index contributed by atoms with van der Waals surface area (Å²) in [6.45, 7) is 5.55. The molecule has 32 heavy (non-hydrogen) atoms. The van der Waals surface area contributed by atoms with Gasteiger partial charge in [-0.2, -0.15) is 0 Å². The van der Waals surface area contributed by atoms with Crippen molar-refractivity contribution >= 4 is 11.6 Å². The number of halogens is 1. The summed E-state index contributed by atoms with van der Waals surface area (Å²) in [5.41, 5.74) is 8.74. The highest BCUT2D eigenvalue weighted by molar-refractivity contribution is 6.32. The molecule has 2 atom stereocenters. The van der Waals surface area contributed by atoms with Gasteiger partial charge in [-0.15, -0.1) is 0 Å². The summed E-state index contributed by atoms with van der Waals surface area (Å²) in [4.78, 5) is 2.25. The van der Waals surface area contributed by atoms with E-state index in [2.05, 4.69) is 43.0 Å². The van der Waals surface area contributed by atoms with Gasteiger partial charge in [-0.1, -0.05) is 84.4 Å². The molecule has 3 rings (SSSR count). The van der Waals surface area contributed by atoms with E-state index in [1.54, 1.807) is 12.1 Å². The number of hydrogen-bond acceptors (Lipinski definition) is 4. The Balaban J connectivity index is 1.72. The number of nitrogens with zero attached hydrogens (tertiary/aromatic N) is 1. The topological polar surface area (TPSA) is 58.7 Å². The van der Waals surface area contributed by atoms with Crippen LogP contribution in [-0.2, 0) is 13.0 Å². The van der Waals surface area contributed by atoms with Crippen molar-refractivity contribution in [3.63, 3.8) is 0 Å². The Kier molecular flexibility index (Phi) is 8.71. The zero-order chi connectivity index (χ0) is 23.0. The molecule has 0 aliphatic rings. The number of benzene rings is 3. The minimum absolute atomic E-state index is 0.120. The lowest BCUT2D eigenvalue weighted by molar-refractivity contribution is 0.0122. The third-order valence-electron chi connectivity index (χ3n) is 5.94. The number of para-hydroxylation sites is 1. The number of rotatable bonds is 11. The SMILES string of the molecule is CC(C)(C(N)Cc1ccccc1)N(Cc1ccccc1)CC(O)COc1ccccc1Cl.